The molecule has 0 aromatic rings. The Morgan fingerprint density at radius 3 is 2.33 bits per heavy atom. The Kier molecular flexibility index (Phi) is 4.48. The van der Waals surface area contributed by atoms with E-state index in [9.17, 15) is 14.4 Å². The third-order valence-corrected chi connectivity index (χ3v) is 5.27. The molecule has 1 aliphatic carbocycles. The van der Waals surface area contributed by atoms with E-state index < -0.39 is 53.5 Å². The van der Waals surface area contributed by atoms with Crippen molar-refractivity contribution in [2.45, 2.75) is 56.9 Å². The lowest BCUT2D eigenvalue weighted by molar-refractivity contribution is -0.273. The quantitative estimate of drug-likeness (QED) is 0.412. The van der Waals surface area contributed by atoms with Crippen LogP contribution in [0.15, 0.2) is 0 Å². The first-order valence-electron chi connectivity index (χ1n) is 7.70. The standard InChI is InChI=1S/C15H19ClO8/c1-6(17)21-10-4-9-11-14(23-10)20-5-15(11,24-8(3)19)13(16)12(9)22-7(2)18/h9-14H,4-5H2,1-3H3/t9-,10+,11-,12+,13-,14+,15-/m1/s1. The van der Waals surface area contributed by atoms with Crippen molar-refractivity contribution >= 4 is 29.5 Å². The number of carbonyl (C=O) groups is 3. The lowest BCUT2D eigenvalue weighted by Crippen LogP contribution is -2.49. The van der Waals surface area contributed by atoms with Gasteiger partial charge in [-0.25, -0.2) is 0 Å². The molecule has 2 saturated heterocycles. The van der Waals surface area contributed by atoms with Gasteiger partial charge >= 0.3 is 17.9 Å². The molecule has 0 unspecified atom stereocenters. The Bertz CT molecular complexity index is 566. The molecular weight excluding hydrogens is 344 g/mol. The van der Waals surface area contributed by atoms with E-state index in [1.165, 1.54) is 20.8 Å². The van der Waals surface area contributed by atoms with Gasteiger partial charge in [0.15, 0.2) is 11.9 Å². The molecule has 9 heteroatoms. The van der Waals surface area contributed by atoms with Crippen LogP contribution in [-0.4, -0.2) is 54.2 Å². The molecule has 134 valence electrons. The summed E-state index contributed by atoms with van der Waals surface area (Å²) in [5, 5.41) is -0.787. The zero-order valence-electron chi connectivity index (χ0n) is 13.5. The molecule has 0 bridgehead atoms. The van der Waals surface area contributed by atoms with E-state index in [-0.39, 0.29) is 18.9 Å². The van der Waals surface area contributed by atoms with Crippen molar-refractivity contribution in [1.29, 1.82) is 0 Å². The summed E-state index contributed by atoms with van der Waals surface area (Å²) in [6.07, 6.45) is -2.01. The smallest absolute Gasteiger partial charge is 0.304 e. The molecule has 0 N–H and O–H groups in total. The Hall–Kier alpha value is -1.38. The van der Waals surface area contributed by atoms with Crippen LogP contribution in [0.4, 0.5) is 0 Å². The van der Waals surface area contributed by atoms with Crippen LogP contribution >= 0.6 is 11.6 Å². The zero-order valence-corrected chi connectivity index (χ0v) is 14.3. The summed E-state index contributed by atoms with van der Waals surface area (Å²) in [5.74, 6) is -2.21. The van der Waals surface area contributed by atoms with Crippen molar-refractivity contribution in [1.82, 2.24) is 0 Å². The topological polar surface area (TPSA) is 97.4 Å². The van der Waals surface area contributed by atoms with Crippen molar-refractivity contribution in [2.75, 3.05) is 6.61 Å². The van der Waals surface area contributed by atoms with Gasteiger partial charge in [-0.3, -0.25) is 14.4 Å². The number of esters is 3. The maximum atomic E-state index is 11.6. The van der Waals surface area contributed by atoms with Crippen molar-refractivity contribution in [3.63, 3.8) is 0 Å². The van der Waals surface area contributed by atoms with Gasteiger partial charge in [-0.1, -0.05) is 0 Å². The monoisotopic (exact) mass is 362 g/mol. The molecule has 0 amide bonds. The minimum Gasteiger partial charge on any atom is -0.461 e. The van der Waals surface area contributed by atoms with Gasteiger partial charge in [0.2, 0.25) is 6.29 Å². The average Bonchev–Trinajstić information content (AvgIpc) is 2.90. The first kappa shape index (κ1) is 17.4. The second kappa shape index (κ2) is 6.16. The molecule has 0 aromatic carbocycles. The second-order valence-electron chi connectivity index (χ2n) is 6.30. The van der Waals surface area contributed by atoms with Gasteiger partial charge in [-0.2, -0.15) is 0 Å². The largest absolute Gasteiger partial charge is 0.461 e. The maximum absolute atomic E-state index is 11.6. The van der Waals surface area contributed by atoms with E-state index in [1.54, 1.807) is 0 Å². The zero-order chi connectivity index (χ0) is 17.6. The van der Waals surface area contributed by atoms with Crippen LogP contribution in [0.1, 0.15) is 27.2 Å². The van der Waals surface area contributed by atoms with Gasteiger partial charge in [-0.05, 0) is 0 Å². The van der Waals surface area contributed by atoms with Crippen LogP contribution in [0.3, 0.4) is 0 Å². The highest BCUT2D eigenvalue weighted by Crippen LogP contribution is 2.57. The number of alkyl halides is 1. The van der Waals surface area contributed by atoms with Crippen LogP contribution in [0, 0.1) is 11.8 Å². The lowest BCUT2D eigenvalue weighted by atomic mass is 9.83. The third kappa shape index (κ3) is 2.76. The molecular formula is C15H19ClO8. The number of ether oxygens (including phenoxy) is 5. The summed E-state index contributed by atoms with van der Waals surface area (Å²) in [5.41, 5.74) is -1.13. The van der Waals surface area contributed by atoms with E-state index in [0.717, 1.165) is 0 Å². The lowest BCUT2D eigenvalue weighted by Gasteiger charge is -2.37. The predicted molar refractivity (Wildman–Crippen MR) is 77.7 cm³/mol. The van der Waals surface area contributed by atoms with Gasteiger partial charge in [0.1, 0.15) is 11.5 Å². The molecule has 3 fully saturated rings. The molecule has 2 heterocycles. The minimum atomic E-state index is -1.13. The first-order chi connectivity index (χ1) is 11.2. The molecule has 2 aliphatic heterocycles. The van der Waals surface area contributed by atoms with E-state index in [2.05, 4.69) is 0 Å². The fourth-order valence-corrected chi connectivity index (χ4v) is 4.51. The van der Waals surface area contributed by atoms with E-state index in [4.69, 9.17) is 35.3 Å². The van der Waals surface area contributed by atoms with Crippen LogP contribution < -0.4 is 0 Å². The third-order valence-electron chi connectivity index (χ3n) is 4.65. The van der Waals surface area contributed by atoms with Gasteiger partial charge in [-0.15, -0.1) is 11.6 Å². The van der Waals surface area contributed by atoms with Gasteiger partial charge in [0.25, 0.3) is 0 Å². The van der Waals surface area contributed by atoms with E-state index in [1.807, 2.05) is 0 Å². The molecule has 1 saturated carbocycles. The summed E-state index contributed by atoms with van der Waals surface area (Å²) in [6, 6.07) is 0. The molecule has 0 spiro atoms. The van der Waals surface area contributed by atoms with Crippen LogP contribution in [0.5, 0.6) is 0 Å². The molecule has 3 rings (SSSR count). The van der Waals surface area contributed by atoms with Gasteiger partial charge < -0.3 is 23.7 Å². The summed E-state index contributed by atoms with van der Waals surface area (Å²) in [7, 11) is 0. The predicted octanol–water partition coefficient (Wildman–Crippen LogP) is 0.739. The Morgan fingerprint density at radius 1 is 1.08 bits per heavy atom. The maximum Gasteiger partial charge on any atom is 0.304 e. The summed E-state index contributed by atoms with van der Waals surface area (Å²) >= 11 is 6.55. The molecule has 8 nitrogen and oxygen atoms in total. The first-order valence-corrected chi connectivity index (χ1v) is 8.13. The highest BCUT2D eigenvalue weighted by Gasteiger charge is 2.72. The number of hydrogen-bond acceptors (Lipinski definition) is 8. The van der Waals surface area contributed by atoms with Crippen molar-refractivity contribution in [3.8, 4) is 0 Å². The van der Waals surface area contributed by atoms with Crippen molar-refractivity contribution < 1.29 is 38.1 Å². The highest BCUT2D eigenvalue weighted by atomic mass is 35.5. The number of hydrogen-bond donors (Lipinski definition) is 0. The Balaban J connectivity index is 1.93. The fraction of sp³-hybridized carbons (Fsp3) is 0.800. The second-order valence-corrected chi connectivity index (χ2v) is 6.77. The molecule has 3 aliphatic rings. The van der Waals surface area contributed by atoms with Crippen LogP contribution in [0.25, 0.3) is 0 Å². The fourth-order valence-electron chi connectivity index (χ4n) is 4.02. The number of carbonyl (C=O) groups excluding carboxylic acids is 3. The summed E-state index contributed by atoms with van der Waals surface area (Å²) in [6.45, 7) is 3.87. The number of rotatable bonds is 3. The minimum absolute atomic E-state index is 0.0249. The average molecular weight is 363 g/mol. The SMILES string of the molecule is CC(=O)O[C@@H]1C[C@H]2[C@H](OC(C)=O)[C@@H](Cl)[C@@]3(OC(C)=O)CO[C@@H](O1)[C@@H]23. The van der Waals surface area contributed by atoms with Crippen LogP contribution in [-0.2, 0) is 38.1 Å². The molecule has 0 aromatic heterocycles. The van der Waals surface area contributed by atoms with E-state index in [0.29, 0.717) is 0 Å². The highest BCUT2D eigenvalue weighted by molar-refractivity contribution is 6.22. The van der Waals surface area contributed by atoms with E-state index >= 15 is 0 Å². The Labute approximate surface area is 143 Å². The van der Waals surface area contributed by atoms with Crippen molar-refractivity contribution in [3.05, 3.63) is 0 Å². The van der Waals surface area contributed by atoms with Gasteiger partial charge in [0, 0.05) is 33.1 Å². The van der Waals surface area contributed by atoms with Crippen molar-refractivity contribution in [2.24, 2.45) is 11.8 Å². The summed E-state index contributed by atoms with van der Waals surface area (Å²) in [4.78, 5) is 34.3. The number of halogens is 1. The normalized spacial score (nSPS) is 43.0. The Morgan fingerprint density at radius 2 is 1.75 bits per heavy atom. The van der Waals surface area contributed by atoms with Gasteiger partial charge in [0.05, 0.1) is 12.5 Å². The molecule has 24 heavy (non-hydrogen) atoms. The summed E-state index contributed by atoms with van der Waals surface area (Å²) < 4.78 is 27.3. The molecule has 0 radical (unpaired) electrons. The molecule has 7 atom stereocenters. The van der Waals surface area contributed by atoms with Crippen LogP contribution in [0.2, 0.25) is 0 Å².